The van der Waals surface area contributed by atoms with Crippen molar-refractivity contribution < 1.29 is 4.74 Å². The molecule has 2 heteroatoms. The van der Waals surface area contributed by atoms with Crippen LogP contribution in [0.1, 0.15) is 11.1 Å². The highest BCUT2D eigenvalue weighted by Gasteiger charge is 2.04. The van der Waals surface area contributed by atoms with Gasteiger partial charge in [-0.2, -0.15) is 0 Å². The highest BCUT2D eigenvalue weighted by Crippen LogP contribution is 2.23. The summed E-state index contributed by atoms with van der Waals surface area (Å²) in [7, 11) is 1.72. The van der Waals surface area contributed by atoms with Gasteiger partial charge in [-0.05, 0) is 45.9 Å². The summed E-state index contributed by atoms with van der Waals surface area (Å²) >= 11 is 2.37. The maximum atomic E-state index is 5.35. The van der Waals surface area contributed by atoms with Crippen LogP contribution in [-0.4, -0.2) is 7.11 Å². The lowest BCUT2D eigenvalue weighted by Gasteiger charge is -2.09. The predicted molar refractivity (Wildman–Crippen MR) is 75.0 cm³/mol. The molecule has 0 heterocycles. The third-order valence-corrected chi connectivity index (χ3v) is 3.58. The Balaban J connectivity index is 2.30. The summed E-state index contributed by atoms with van der Waals surface area (Å²) in [6, 6.07) is 16.6. The monoisotopic (exact) mass is 324 g/mol. The Kier molecular flexibility index (Phi) is 3.83. The first kappa shape index (κ1) is 11.5. The summed E-state index contributed by atoms with van der Waals surface area (Å²) in [4.78, 5) is 0. The zero-order valence-corrected chi connectivity index (χ0v) is 11.3. The van der Waals surface area contributed by atoms with Crippen molar-refractivity contribution in [3.8, 4) is 5.75 Å². The van der Waals surface area contributed by atoms with E-state index in [1.807, 2.05) is 18.2 Å². The summed E-state index contributed by atoms with van der Waals surface area (Å²) in [5.74, 6) is 0.960. The van der Waals surface area contributed by atoms with E-state index in [-0.39, 0.29) is 0 Å². The average Bonchev–Trinajstić information content (AvgIpc) is 2.33. The molecule has 0 saturated carbocycles. The second-order valence-electron chi connectivity index (χ2n) is 3.58. The van der Waals surface area contributed by atoms with Crippen LogP contribution in [0.15, 0.2) is 48.5 Å². The SMILES string of the molecule is COc1ccccc1Cc1ccccc1I. The third-order valence-electron chi connectivity index (χ3n) is 2.53. The minimum atomic E-state index is 0.920. The van der Waals surface area contributed by atoms with Crippen molar-refractivity contribution in [1.29, 1.82) is 0 Å². The van der Waals surface area contributed by atoms with Crippen LogP contribution < -0.4 is 4.74 Å². The van der Waals surface area contributed by atoms with E-state index in [0.29, 0.717) is 0 Å². The van der Waals surface area contributed by atoms with Crippen LogP contribution in [0.4, 0.5) is 0 Å². The second kappa shape index (κ2) is 5.34. The van der Waals surface area contributed by atoms with Crippen molar-refractivity contribution in [3.63, 3.8) is 0 Å². The Morgan fingerprint density at radius 3 is 2.25 bits per heavy atom. The number of methoxy groups -OCH3 is 1. The first-order valence-electron chi connectivity index (χ1n) is 5.16. The van der Waals surface area contributed by atoms with E-state index in [1.165, 1.54) is 14.7 Å². The number of ether oxygens (including phenoxy) is 1. The standard InChI is InChI=1S/C14H13IO/c1-16-14-9-5-3-7-12(14)10-11-6-2-4-8-13(11)15/h2-9H,10H2,1H3. The summed E-state index contributed by atoms with van der Waals surface area (Å²) in [6.07, 6.45) is 0.920. The van der Waals surface area contributed by atoms with Crippen LogP contribution >= 0.6 is 22.6 Å². The van der Waals surface area contributed by atoms with Crippen molar-refractivity contribution in [2.24, 2.45) is 0 Å². The highest BCUT2D eigenvalue weighted by molar-refractivity contribution is 14.1. The molecule has 0 fully saturated rings. The molecule has 0 amide bonds. The smallest absolute Gasteiger partial charge is 0.122 e. The average molecular weight is 324 g/mol. The molecule has 0 aliphatic carbocycles. The predicted octanol–water partition coefficient (Wildman–Crippen LogP) is 3.89. The van der Waals surface area contributed by atoms with Crippen molar-refractivity contribution in [2.45, 2.75) is 6.42 Å². The number of hydrogen-bond donors (Lipinski definition) is 0. The van der Waals surface area contributed by atoms with Crippen molar-refractivity contribution >= 4 is 22.6 Å². The Labute approximate surface area is 110 Å². The topological polar surface area (TPSA) is 9.23 Å². The summed E-state index contributed by atoms with van der Waals surface area (Å²) < 4.78 is 6.65. The van der Waals surface area contributed by atoms with Gasteiger partial charge in [0.15, 0.2) is 0 Å². The first-order valence-corrected chi connectivity index (χ1v) is 6.24. The molecule has 82 valence electrons. The Hall–Kier alpha value is -1.03. The van der Waals surface area contributed by atoms with Crippen molar-refractivity contribution in [1.82, 2.24) is 0 Å². The van der Waals surface area contributed by atoms with Gasteiger partial charge < -0.3 is 4.74 Å². The van der Waals surface area contributed by atoms with Crippen LogP contribution in [0.2, 0.25) is 0 Å². The Morgan fingerprint density at radius 2 is 1.56 bits per heavy atom. The molecule has 2 aromatic carbocycles. The quantitative estimate of drug-likeness (QED) is 0.779. The molecule has 0 N–H and O–H groups in total. The van der Waals surface area contributed by atoms with Crippen LogP contribution in [-0.2, 0) is 6.42 Å². The van der Waals surface area contributed by atoms with Crippen LogP contribution in [0.25, 0.3) is 0 Å². The Morgan fingerprint density at radius 1 is 0.938 bits per heavy atom. The fraction of sp³-hybridized carbons (Fsp3) is 0.143. The number of benzene rings is 2. The van der Waals surface area contributed by atoms with Gasteiger partial charge in [-0.1, -0.05) is 36.4 Å². The van der Waals surface area contributed by atoms with E-state index < -0.39 is 0 Å². The lowest BCUT2D eigenvalue weighted by molar-refractivity contribution is 0.410. The Bertz CT molecular complexity index is 480. The van der Waals surface area contributed by atoms with Crippen LogP contribution in [0.3, 0.4) is 0 Å². The van der Waals surface area contributed by atoms with Gasteiger partial charge in [0, 0.05) is 9.99 Å². The molecular weight excluding hydrogens is 311 g/mol. The van der Waals surface area contributed by atoms with Gasteiger partial charge in [0.25, 0.3) is 0 Å². The molecule has 0 radical (unpaired) electrons. The summed E-state index contributed by atoms with van der Waals surface area (Å²) in [6.45, 7) is 0. The second-order valence-corrected chi connectivity index (χ2v) is 4.74. The number of para-hydroxylation sites is 1. The van der Waals surface area contributed by atoms with E-state index in [4.69, 9.17) is 4.74 Å². The van der Waals surface area contributed by atoms with E-state index in [2.05, 4.69) is 52.9 Å². The van der Waals surface area contributed by atoms with Gasteiger partial charge in [0.2, 0.25) is 0 Å². The van der Waals surface area contributed by atoms with Crippen molar-refractivity contribution in [2.75, 3.05) is 7.11 Å². The van der Waals surface area contributed by atoms with Gasteiger partial charge in [0.05, 0.1) is 7.11 Å². The normalized spacial score (nSPS) is 10.1. The van der Waals surface area contributed by atoms with E-state index in [9.17, 15) is 0 Å². The fourth-order valence-electron chi connectivity index (χ4n) is 1.70. The lowest BCUT2D eigenvalue weighted by atomic mass is 10.0. The molecule has 16 heavy (non-hydrogen) atoms. The van der Waals surface area contributed by atoms with Gasteiger partial charge in [0.1, 0.15) is 5.75 Å². The molecule has 2 rings (SSSR count). The van der Waals surface area contributed by atoms with E-state index in [0.717, 1.165) is 12.2 Å². The van der Waals surface area contributed by atoms with Crippen LogP contribution in [0, 0.1) is 3.57 Å². The summed E-state index contributed by atoms with van der Waals surface area (Å²) in [5, 5.41) is 0. The largest absolute Gasteiger partial charge is 0.496 e. The third kappa shape index (κ3) is 2.55. The van der Waals surface area contributed by atoms with Gasteiger partial charge in [-0.25, -0.2) is 0 Å². The van der Waals surface area contributed by atoms with Crippen LogP contribution in [0.5, 0.6) is 5.75 Å². The van der Waals surface area contributed by atoms with Gasteiger partial charge >= 0.3 is 0 Å². The number of halogens is 1. The molecule has 0 aromatic heterocycles. The molecule has 0 aliphatic rings. The van der Waals surface area contributed by atoms with Gasteiger partial charge in [-0.3, -0.25) is 0 Å². The molecule has 0 unspecified atom stereocenters. The lowest BCUT2D eigenvalue weighted by Crippen LogP contribution is -1.95. The van der Waals surface area contributed by atoms with E-state index in [1.54, 1.807) is 7.11 Å². The molecule has 0 bridgehead atoms. The van der Waals surface area contributed by atoms with Gasteiger partial charge in [-0.15, -0.1) is 0 Å². The van der Waals surface area contributed by atoms with E-state index >= 15 is 0 Å². The number of rotatable bonds is 3. The zero-order chi connectivity index (χ0) is 11.4. The minimum Gasteiger partial charge on any atom is -0.496 e. The molecule has 0 atom stereocenters. The molecule has 0 aliphatic heterocycles. The minimum absolute atomic E-state index is 0.920. The summed E-state index contributed by atoms with van der Waals surface area (Å²) in [5.41, 5.74) is 2.57. The first-order chi connectivity index (χ1) is 7.81. The fourth-order valence-corrected chi connectivity index (χ4v) is 2.27. The zero-order valence-electron chi connectivity index (χ0n) is 9.11. The maximum absolute atomic E-state index is 5.35. The molecule has 2 aromatic rings. The maximum Gasteiger partial charge on any atom is 0.122 e. The number of hydrogen-bond acceptors (Lipinski definition) is 1. The highest BCUT2D eigenvalue weighted by atomic mass is 127. The van der Waals surface area contributed by atoms with Crippen molar-refractivity contribution in [3.05, 3.63) is 63.2 Å². The molecule has 0 spiro atoms. The molecule has 1 nitrogen and oxygen atoms in total. The molecule has 0 saturated heterocycles. The molecular formula is C14H13IO.